The minimum absolute atomic E-state index is 0.0996. The van der Waals surface area contributed by atoms with Crippen molar-refractivity contribution in [3.8, 4) is 0 Å². The molecular weight excluding hydrogens is 140 g/mol. The molecule has 0 aromatic heterocycles. The Balaban J connectivity index is 3.90. The molecule has 0 saturated heterocycles. The van der Waals surface area contributed by atoms with Crippen LogP contribution in [0.4, 0.5) is 0 Å². The summed E-state index contributed by atoms with van der Waals surface area (Å²) in [6, 6.07) is -0.0996. The fourth-order valence-electron chi connectivity index (χ4n) is 0.666. The van der Waals surface area contributed by atoms with Crippen LogP contribution < -0.4 is 5.73 Å². The van der Waals surface area contributed by atoms with Gasteiger partial charge in [0, 0.05) is 13.1 Å². The van der Waals surface area contributed by atoms with E-state index in [4.69, 9.17) is 10.6 Å². The molecular formula is C8H16N2O. The second-order valence-corrected chi connectivity index (χ2v) is 2.30. The monoisotopic (exact) mass is 156 g/mol. The van der Waals surface area contributed by atoms with E-state index >= 15 is 0 Å². The number of hydrogen-bond donors (Lipinski definition) is 1. The summed E-state index contributed by atoms with van der Waals surface area (Å²) in [6.07, 6.45) is 2.48. The van der Waals surface area contributed by atoms with Crippen LogP contribution in [0.1, 0.15) is 6.42 Å². The zero-order valence-corrected chi connectivity index (χ0v) is 7.21. The maximum absolute atomic E-state index is 5.71. The Bertz CT molecular complexity index is 145. The molecule has 3 nitrogen and oxygen atoms in total. The van der Waals surface area contributed by atoms with Crippen molar-refractivity contribution in [2.45, 2.75) is 12.5 Å². The van der Waals surface area contributed by atoms with Crippen LogP contribution in [0.25, 0.3) is 0 Å². The van der Waals surface area contributed by atoms with E-state index in [1.54, 1.807) is 25.3 Å². The van der Waals surface area contributed by atoms with Crippen LogP contribution in [-0.4, -0.2) is 25.3 Å². The van der Waals surface area contributed by atoms with Crippen molar-refractivity contribution in [3.63, 3.8) is 0 Å². The molecule has 0 heterocycles. The molecule has 0 amide bonds. The topological polar surface area (TPSA) is 38.5 Å². The van der Waals surface area contributed by atoms with Crippen molar-refractivity contribution in [2.24, 2.45) is 5.73 Å². The average molecular weight is 156 g/mol. The molecule has 11 heavy (non-hydrogen) atoms. The summed E-state index contributed by atoms with van der Waals surface area (Å²) < 4.78 is 0. The molecule has 2 N–H and O–H groups in total. The number of likely N-dealkylation sites (N-methyl/N-ethyl adjacent to an activating group) is 1. The van der Waals surface area contributed by atoms with Gasteiger partial charge in [-0.2, -0.15) is 0 Å². The number of rotatable bonds is 5. The SMILES string of the molecule is C=CC[C@H](N)C(=C)N(C)OC. The molecule has 0 aliphatic carbocycles. The lowest BCUT2D eigenvalue weighted by Crippen LogP contribution is -2.31. The van der Waals surface area contributed by atoms with E-state index in [0.29, 0.717) is 6.42 Å². The molecule has 0 bridgehead atoms. The van der Waals surface area contributed by atoms with E-state index in [2.05, 4.69) is 13.2 Å². The van der Waals surface area contributed by atoms with Crippen LogP contribution in [0.5, 0.6) is 0 Å². The molecule has 0 fully saturated rings. The summed E-state index contributed by atoms with van der Waals surface area (Å²) in [5.74, 6) is 0. The van der Waals surface area contributed by atoms with Gasteiger partial charge in [-0.15, -0.1) is 6.58 Å². The molecule has 0 aromatic rings. The van der Waals surface area contributed by atoms with E-state index < -0.39 is 0 Å². The van der Waals surface area contributed by atoms with Crippen LogP contribution in [0, 0.1) is 0 Å². The van der Waals surface area contributed by atoms with Gasteiger partial charge in [-0.3, -0.25) is 9.90 Å². The second-order valence-electron chi connectivity index (χ2n) is 2.30. The van der Waals surface area contributed by atoms with Crippen LogP contribution in [0.3, 0.4) is 0 Å². The number of nitrogens with zero attached hydrogens (tertiary/aromatic N) is 1. The number of nitrogens with two attached hydrogens (primary N) is 1. The zero-order chi connectivity index (χ0) is 8.85. The third-order valence-corrected chi connectivity index (χ3v) is 1.53. The Hall–Kier alpha value is -0.800. The Morgan fingerprint density at radius 1 is 1.82 bits per heavy atom. The summed E-state index contributed by atoms with van der Waals surface area (Å²) in [7, 11) is 3.34. The highest BCUT2D eigenvalue weighted by Crippen LogP contribution is 2.05. The third kappa shape index (κ3) is 3.20. The Labute approximate surface area is 68.1 Å². The first-order valence-electron chi connectivity index (χ1n) is 3.46. The van der Waals surface area contributed by atoms with E-state index in [1.807, 2.05) is 0 Å². The Kier molecular flexibility index (Phi) is 4.57. The number of hydrogen-bond acceptors (Lipinski definition) is 3. The summed E-state index contributed by atoms with van der Waals surface area (Å²) in [4.78, 5) is 4.90. The molecule has 3 heteroatoms. The predicted octanol–water partition coefficient (Wildman–Crippen LogP) is 0.897. The normalized spacial score (nSPS) is 12.3. The average Bonchev–Trinajstić information content (AvgIpc) is 2.02. The van der Waals surface area contributed by atoms with Crippen molar-refractivity contribution in [1.82, 2.24) is 5.06 Å². The minimum atomic E-state index is -0.0996. The van der Waals surface area contributed by atoms with Gasteiger partial charge in [0.2, 0.25) is 0 Å². The fourth-order valence-corrected chi connectivity index (χ4v) is 0.666. The van der Waals surface area contributed by atoms with Crippen molar-refractivity contribution in [2.75, 3.05) is 14.2 Å². The van der Waals surface area contributed by atoms with E-state index in [9.17, 15) is 0 Å². The van der Waals surface area contributed by atoms with Crippen molar-refractivity contribution in [3.05, 3.63) is 24.9 Å². The fraction of sp³-hybridized carbons (Fsp3) is 0.500. The first-order valence-corrected chi connectivity index (χ1v) is 3.46. The maximum Gasteiger partial charge on any atom is 0.0638 e. The van der Waals surface area contributed by atoms with Crippen LogP contribution >= 0.6 is 0 Å². The first-order chi connectivity index (χ1) is 5.13. The molecule has 0 aliphatic rings. The molecule has 0 radical (unpaired) electrons. The number of hydroxylamine groups is 2. The predicted molar refractivity (Wildman–Crippen MR) is 46.7 cm³/mol. The first kappa shape index (κ1) is 10.2. The molecule has 0 aliphatic heterocycles. The van der Waals surface area contributed by atoms with Gasteiger partial charge in [0.1, 0.15) is 0 Å². The van der Waals surface area contributed by atoms with Gasteiger partial charge in [0.15, 0.2) is 0 Å². The highest BCUT2D eigenvalue weighted by molar-refractivity contribution is 5.02. The van der Waals surface area contributed by atoms with Gasteiger partial charge in [0.05, 0.1) is 12.8 Å². The molecule has 64 valence electrons. The van der Waals surface area contributed by atoms with Crippen molar-refractivity contribution >= 4 is 0 Å². The van der Waals surface area contributed by atoms with Crippen molar-refractivity contribution < 1.29 is 4.84 Å². The maximum atomic E-state index is 5.71. The summed E-state index contributed by atoms with van der Waals surface area (Å²) in [6.45, 7) is 7.36. The third-order valence-electron chi connectivity index (χ3n) is 1.53. The standard InChI is InChI=1S/C8H16N2O/c1-5-6-8(9)7(2)10(3)11-4/h5,8H,1-2,6,9H2,3-4H3/t8-/m0/s1. The largest absolute Gasteiger partial charge is 0.322 e. The van der Waals surface area contributed by atoms with Gasteiger partial charge in [-0.05, 0) is 6.42 Å². The van der Waals surface area contributed by atoms with Crippen LogP contribution in [-0.2, 0) is 4.84 Å². The Morgan fingerprint density at radius 3 is 2.73 bits per heavy atom. The van der Waals surface area contributed by atoms with Gasteiger partial charge in [-0.1, -0.05) is 12.7 Å². The highest BCUT2D eigenvalue weighted by Gasteiger charge is 2.08. The molecule has 1 atom stereocenters. The summed E-state index contributed by atoms with van der Waals surface area (Å²) in [5, 5.41) is 1.55. The highest BCUT2D eigenvalue weighted by atomic mass is 16.7. The molecule has 0 spiro atoms. The second kappa shape index (κ2) is 4.93. The minimum Gasteiger partial charge on any atom is -0.322 e. The Morgan fingerprint density at radius 2 is 2.36 bits per heavy atom. The lowest BCUT2D eigenvalue weighted by atomic mass is 10.2. The van der Waals surface area contributed by atoms with Crippen molar-refractivity contribution in [1.29, 1.82) is 0 Å². The van der Waals surface area contributed by atoms with Gasteiger partial charge in [0.25, 0.3) is 0 Å². The molecule has 0 aromatic carbocycles. The molecule has 0 saturated carbocycles. The van der Waals surface area contributed by atoms with Crippen LogP contribution in [0.2, 0.25) is 0 Å². The lowest BCUT2D eigenvalue weighted by Gasteiger charge is -2.22. The zero-order valence-electron chi connectivity index (χ0n) is 7.21. The van der Waals surface area contributed by atoms with Gasteiger partial charge < -0.3 is 5.73 Å². The summed E-state index contributed by atoms with van der Waals surface area (Å²) >= 11 is 0. The lowest BCUT2D eigenvalue weighted by molar-refractivity contribution is -0.0811. The van der Waals surface area contributed by atoms with Crippen LogP contribution in [0.15, 0.2) is 24.9 Å². The van der Waals surface area contributed by atoms with E-state index in [-0.39, 0.29) is 6.04 Å². The van der Waals surface area contributed by atoms with Gasteiger partial charge in [-0.25, -0.2) is 0 Å². The van der Waals surface area contributed by atoms with E-state index in [0.717, 1.165) is 5.70 Å². The van der Waals surface area contributed by atoms with E-state index in [1.165, 1.54) is 0 Å². The molecule has 0 rings (SSSR count). The van der Waals surface area contributed by atoms with Gasteiger partial charge >= 0.3 is 0 Å². The quantitative estimate of drug-likeness (QED) is 0.474. The summed E-state index contributed by atoms with van der Waals surface area (Å²) in [5.41, 5.74) is 6.47. The molecule has 0 unspecified atom stereocenters. The smallest absolute Gasteiger partial charge is 0.0638 e.